The van der Waals surface area contributed by atoms with Gasteiger partial charge in [-0.1, -0.05) is 42.5 Å². The maximum absolute atomic E-state index is 12.9. The number of aromatic nitrogens is 2. The number of para-hydroxylation sites is 2. The number of carbonyl (C=O) groups is 1. The summed E-state index contributed by atoms with van der Waals surface area (Å²) in [4.78, 5) is 22.8. The van der Waals surface area contributed by atoms with Gasteiger partial charge in [0.05, 0.1) is 17.1 Å². The van der Waals surface area contributed by atoms with E-state index in [4.69, 9.17) is 5.73 Å². The van der Waals surface area contributed by atoms with Gasteiger partial charge in [0.2, 0.25) is 5.91 Å². The molecule has 5 nitrogen and oxygen atoms in total. The van der Waals surface area contributed by atoms with Gasteiger partial charge in [0.25, 0.3) is 0 Å². The Morgan fingerprint density at radius 3 is 2.71 bits per heavy atom. The van der Waals surface area contributed by atoms with Gasteiger partial charge in [-0.2, -0.15) is 0 Å². The number of hydrogen-bond acceptors (Lipinski definition) is 3. The quantitative estimate of drug-likeness (QED) is 0.779. The van der Waals surface area contributed by atoms with E-state index in [0.29, 0.717) is 0 Å². The number of nitrogens with one attached hydrogen (secondary N) is 1. The maximum Gasteiger partial charge on any atom is 0.244 e. The molecule has 24 heavy (non-hydrogen) atoms. The van der Waals surface area contributed by atoms with E-state index in [0.717, 1.165) is 41.8 Å². The first-order chi connectivity index (χ1) is 11.7. The minimum atomic E-state index is -0.629. The summed E-state index contributed by atoms with van der Waals surface area (Å²) in [5, 5.41) is 0. The first-order valence-electron chi connectivity index (χ1n) is 8.30. The monoisotopic (exact) mass is 320 g/mol. The zero-order chi connectivity index (χ0) is 16.5. The predicted molar refractivity (Wildman–Crippen MR) is 93.2 cm³/mol. The molecular formula is C19H20N4O. The van der Waals surface area contributed by atoms with Crippen LogP contribution in [0.3, 0.4) is 0 Å². The molecule has 0 spiro atoms. The Bertz CT molecular complexity index is 825. The van der Waals surface area contributed by atoms with Gasteiger partial charge in [-0.3, -0.25) is 4.79 Å². The smallest absolute Gasteiger partial charge is 0.244 e. The second kappa shape index (κ2) is 6.09. The van der Waals surface area contributed by atoms with Gasteiger partial charge >= 0.3 is 0 Å². The highest BCUT2D eigenvalue weighted by atomic mass is 16.2. The molecular weight excluding hydrogens is 300 g/mol. The molecule has 5 heteroatoms. The molecule has 122 valence electrons. The average Bonchev–Trinajstić information content (AvgIpc) is 3.27. The summed E-state index contributed by atoms with van der Waals surface area (Å²) in [6.45, 7) is 0.723. The van der Waals surface area contributed by atoms with Crippen LogP contribution < -0.4 is 5.73 Å². The van der Waals surface area contributed by atoms with Crippen LogP contribution in [-0.4, -0.2) is 27.3 Å². The van der Waals surface area contributed by atoms with Gasteiger partial charge in [0, 0.05) is 6.54 Å². The number of benzene rings is 2. The Balaban J connectivity index is 1.61. The molecule has 0 bridgehead atoms. The lowest BCUT2D eigenvalue weighted by atomic mass is 10.1. The van der Waals surface area contributed by atoms with Crippen LogP contribution in [0.4, 0.5) is 0 Å². The average molecular weight is 320 g/mol. The van der Waals surface area contributed by atoms with Crippen molar-refractivity contribution in [3.63, 3.8) is 0 Å². The Morgan fingerprint density at radius 2 is 1.92 bits per heavy atom. The van der Waals surface area contributed by atoms with Crippen LogP contribution in [-0.2, 0) is 4.79 Å². The fourth-order valence-corrected chi connectivity index (χ4v) is 3.43. The largest absolute Gasteiger partial charge is 0.340 e. The lowest BCUT2D eigenvalue weighted by Gasteiger charge is -2.26. The van der Waals surface area contributed by atoms with E-state index in [9.17, 15) is 4.79 Å². The minimum Gasteiger partial charge on any atom is -0.340 e. The molecule has 1 aromatic heterocycles. The van der Waals surface area contributed by atoms with E-state index >= 15 is 0 Å². The zero-order valence-electron chi connectivity index (χ0n) is 13.4. The molecule has 4 rings (SSSR count). The molecule has 2 heterocycles. The molecule has 1 unspecified atom stereocenters. The molecule has 0 radical (unpaired) electrons. The standard InChI is InChI=1S/C19H20N4O/c20-17(13-7-2-1-3-8-13)19(24)23-12-6-11-16(23)18-21-14-9-4-5-10-15(14)22-18/h1-5,7-10,16-17H,6,11-12,20H2,(H,21,22)/t16-,17?/m0/s1. The number of rotatable bonds is 3. The third kappa shape index (κ3) is 2.57. The maximum atomic E-state index is 12.9. The number of likely N-dealkylation sites (tertiary alicyclic amines) is 1. The molecule has 2 atom stereocenters. The number of H-pyrrole nitrogens is 1. The number of fused-ring (bicyclic) bond motifs is 1. The van der Waals surface area contributed by atoms with E-state index in [-0.39, 0.29) is 11.9 Å². The number of nitrogens with two attached hydrogens (primary N) is 1. The lowest BCUT2D eigenvalue weighted by Crippen LogP contribution is -2.38. The van der Waals surface area contributed by atoms with Gasteiger partial charge in [-0.15, -0.1) is 0 Å². The van der Waals surface area contributed by atoms with E-state index in [2.05, 4.69) is 9.97 Å². The number of nitrogens with zero attached hydrogens (tertiary/aromatic N) is 2. The predicted octanol–water partition coefficient (Wildman–Crippen LogP) is 2.93. The molecule has 0 aliphatic carbocycles. The molecule has 1 aliphatic heterocycles. The Hall–Kier alpha value is -2.66. The summed E-state index contributed by atoms with van der Waals surface area (Å²) in [6.07, 6.45) is 1.88. The number of aromatic amines is 1. The van der Waals surface area contributed by atoms with Crippen molar-refractivity contribution in [2.45, 2.75) is 24.9 Å². The lowest BCUT2D eigenvalue weighted by molar-refractivity contribution is -0.133. The summed E-state index contributed by atoms with van der Waals surface area (Å²) < 4.78 is 0. The van der Waals surface area contributed by atoms with Crippen molar-refractivity contribution in [2.75, 3.05) is 6.54 Å². The van der Waals surface area contributed by atoms with Crippen LogP contribution >= 0.6 is 0 Å². The zero-order valence-corrected chi connectivity index (χ0v) is 13.4. The Morgan fingerprint density at radius 1 is 1.17 bits per heavy atom. The fourth-order valence-electron chi connectivity index (χ4n) is 3.43. The second-order valence-electron chi connectivity index (χ2n) is 6.22. The molecule has 1 aliphatic rings. The highest BCUT2D eigenvalue weighted by Gasteiger charge is 2.34. The molecule has 1 saturated heterocycles. The first-order valence-corrected chi connectivity index (χ1v) is 8.30. The van der Waals surface area contributed by atoms with Crippen molar-refractivity contribution in [3.8, 4) is 0 Å². The highest BCUT2D eigenvalue weighted by Crippen LogP contribution is 2.33. The second-order valence-corrected chi connectivity index (χ2v) is 6.22. The normalized spacial score (nSPS) is 18.9. The number of carbonyl (C=O) groups excluding carboxylic acids is 1. The van der Waals surface area contributed by atoms with Crippen LogP contribution in [0.1, 0.15) is 36.3 Å². The number of imidazole rings is 1. The third-order valence-electron chi connectivity index (χ3n) is 4.68. The summed E-state index contributed by atoms with van der Waals surface area (Å²) in [5.41, 5.74) is 8.99. The van der Waals surface area contributed by atoms with Crippen LogP contribution in [0, 0.1) is 0 Å². The SMILES string of the molecule is NC(C(=O)N1CCC[C@H]1c1nc2ccccc2[nH]1)c1ccccc1. The van der Waals surface area contributed by atoms with E-state index in [1.165, 1.54) is 0 Å². The van der Waals surface area contributed by atoms with Crippen molar-refractivity contribution >= 4 is 16.9 Å². The van der Waals surface area contributed by atoms with Gasteiger partial charge in [0.15, 0.2) is 0 Å². The van der Waals surface area contributed by atoms with Crippen LogP contribution in [0.5, 0.6) is 0 Å². The van der Waals surface area contributed by atoms with E-state index in [1.807, 2.05) is 59.5 Å². The van der Waals surface area contributed by atoms with E-state index < -0.39 is 6.04 Å². The summed E-state index contributed by atoms with van der Waals surface area (Å²) >= 11 is 0. The highest BCUT2D eigenvalue weighted by molar-refractivity contribution is 5.84. The van der Waals surface area contributed by atoms with Crippen molar-refractivity contribution < 1.29 is 4.79 Å². The van der Waals surface area contributed by atoms with Crippen molar-refractivity contribution in [1.29, 1.82) is 0 Å². The van der Waals surface area contributed by atoms with Gasteiger partial charge in [-0.05, 0) is 30.5 Å². The third-order valence-corrected chi connectivity index (χ3v) is 4.68. The molecule has 1 amide bonds. The van der Waals surface area contributed by atoms with Crippen molar-refractivity contribution in [1.82, 2.24) is 14.9 Å². The van der Waals surface area contributed by atoms with Gasteiger partial charge < -0.3 is 15.6 Å². The summed E-state index contributed by atoms with van der Waals surface area (Å²) in [7, 11) is 0. The van der Waals surface area contributed by atoms with Crippen LogP contribution in [0.15, 0.2) is 54.6 Å². The molecule has 0 saturated carbocycles. The Labute approximate surface area is 140 Å². The van der Waals surface area contributed by atoms with Gasteiger partial charge in [0.1, 0.15) is 11.9 Å². The van der Waals surface area contributed by atoms with E-state index in [1.54, 1.807) is 0 Å². The molecule has 3 N–H and O–H groups in total. The summed E-state index contributed by atoms with van der Waals surface area (Å²) in [5.74, 6) is 0.812. The fraction of sp³-hybridized carbons (Fsp3) is 0.263. The number of hydrogen-bond donors (Lipinski definition) is 2. The topological polar surface area (TPSA) is 75.0 Å². The molecule has 1 fully saturated rings. The van der Waals surface area contributed by atoms with Crippen molar-refractivity contribution in [3.05, 3.63) is 66.0 Å². The molecule has 3 aromatic rings. The minimum absolute atomic E-state index is 0.0281. The number of amides is 1. The van der Waals surface area contributed by atoms with Gasteiger partial charge in [-0.25, -0.2) is 4.98 Å². The molecule has 2 aromatic carbocycles. The summed E-state index contributed by atoms with van der Waals surface area (Å²) in [6, 6.07) is 16.8. The van der Waals surface area contributed by atoms with Crippen molar-refractivity contribution in [2.24, 2.45) is 5.73 Å². The first kappa shape index (κ1) is 14.9. The van der Waals surface area contributed by atoms with Crippen LogP contribution in [0.25, 0.3) is 11.0 Å². The van der Waals surface area contributed by atoms with Crippen LogP contribution in [0.2, 0.25) is 0 Å². The Kier molecular flexibility index (Phi) is 3.78.